The largest absolute Gasteiger partial charge is 0.497 e. The number of amides is 1. The standard InChI is InChI=1S/C24H17ClF3N3O2/c1-33-16-4-2-3-14(9-16)12-30-23(32)17-11-22(31-21-7-8-29-13-18(17)21)15-5-6-20(25)19(10-15)24(26,27)28/h2-11,13H,12H2,1H3,(H,30,32). The van der Waals surface area contributed by atoms with E-state index < -0.39 is 22.7 Å². The van der Waals surface area contributed by atoms with Crippen LogP contribution in [0, 0.1) is 0 Å². The third-order valence-corrected chi connectivity index (χ3v) is 5.34. The van der Waals surface area contributed by atoms with Crippen molar-refractivity contribution in [1.82, 2.24) is 15.3 Å². The number of hydrogen-bond donors (Lipinski definition) is 1. The summed E-state index contributed by atoms with van der Waals surface area (Å²) in [5.41, 5.74) is 0.927. The van der Waals surface area contributed by atoms with E-state index in [1.54, 1.807) is 25.3 Å². The Labute approximate surface area is 192 Å². The molecule has 5 nitrogen and oxygen atoms in total. The van der Waals surface area contributed by atoms with Gasteiger partial charge in [0.05, 0.1) is 34.5 Å². The quantitative estimate of drug-likeness (QED) is 0.393. The topological polar surface area (TPSA) is 64.1 Å². The average Bonchev–Trinajstić information content (AvgIpc) is 2.81. The Kier molecular flexibility index (Phi) is 6.20. The molecular formula is C24H17ClF3N3O2. The summed E-state index contributed by atoms with van der Waals surface area (Å²) in [6, 6.07) is 13.8. The molecule has 1 amide bonds. The second-order valence-electron chi connectivity index (χ2n) is 7.17. The van der Waals surface area contributed by atoms with Gasteiger partial charge >= 0.3 is 6.18 Å². The van der Waals surface area contributed by atoms with E-state index in [-0.39, 0.29) is 23.4 Å². The molecule has 2 heterocycles. The summed E-state index contributed by atoms with van der Waals surface area (Å²) in [6.07, 6.45) is -1.62. The summed E-state index contributed by atoms with van der Waals surface area (Å²) < 4.78 is 45.2. The number of halogens is 4. The molecule has 0 spiro atoms. The molecule has 1 N–H and O–H groups in total. The summed E-state index contributed by atoms with van der Waals surface area (Å²) in [5, 5.41) is 2.90. The number of ether oxygens (including phenoxy) is 1. The zero-order valence-electron chi connectivity index (χ0n) is 17.3. The third kappa shape index (κ3) is 4.90. The number of pyridine rings is 2. The maximum absolute atomic E-state index is 13.3. The molecular weight excluding hydrogens is 455 g/mol. The maximum atomic E-state index is 13.3. The highest BCUT2D eigenvalue weighted by molar-refractivity contribution is 6.31. The number of nitrogens with one attached hydrogen (secondary N) is 1. The van der Waals surface area contributed by atoms with Gasteiger partial charge in [-0.3, -0.25) is 9.78 Å². The molecule has 0 unspecified atom stereocenters. The molecule has 0 aliphatic carbocycles. The van der Waals surface area contributed by atoms with Crippen LogP contribution < -0.4 is 10.1 Å². The van der Waals surface area contributed by atoms with Crippen LogP contribution in [0.3, 0.4) is 0 Å². The highest BCUT2D eigenvalue weighted by Gasteiger charge is 2.33. The highest BCUT2D eigenvalue weighted by Crippen LogP contribution is 2.37. The van der Waals surface area contributed by atoms with Crippen LogP contribution in [0.4, 0.5) is 13.2 Å². The average molecular weight is 472 g/mol. The molecule has 33 heavy (non-hydrogen) atoms. The zero-order valence-corrected chi connectivity index (χ0v) is 18.0. The minimum Gasteiger partial charge on any atom is -0.497 e. The summed E-state index contributed by atoms with van der Waals surface area (Å²) in [5.74, 6) is 0.246. The first-order chi connectivity index (χ1) is 15.8. The van der Waals surface area contributed by atoms with E-state index in [4.69, 9.17) is 16.3 Å². The number of rotatable bonds is 5. The number of aromatic nitrogens is 2. The molecule has 9 heteroatoms. The number of benzene rings is 2. The van der Waals surface area contributed by atoms with Crippen molar-refractivity contribution >= 4 is 28.4 Å². The molecule has 2 aromatic heterocycles. The lowest BCUT2D eigenvalue weighted by Crippen LogP contribution is -2.23. The van der Waals surface area contributed by atoms with Crippen LogP contribution in [0.2, 0.25) is 5.02 Å². The van der Waals surface area contributed by atoms with Gasteiger partial charge < -0.3 is 10.1 Å². The molecule has 0 atom stereocenters. The molecule has 2 aromatic carbocycles. The van der Waals surface area contributed by atoms with Crippen molar-refractivity contribution in [3.63, 3.8) is 0 Å². The van der Waals surface area contributed by atoms with Crippen molar-refractivity contribution < 1.29 is 22.7 Å². The van der Waals surface area contributed by atoms with Crippen molar-refractivity contribution in [2.24, 2.45) is 0 Å². The van der Waals surface area contributed by atoms with Crippen LogP contribution in [0.1, 0.15) is 21.5 Å². The van der Waals surface area contributed by atoms with Gasteiger partial charge in [0.25, 0.3) is 5.91 Å². The van der Waals surface area contributed by atoms with Crippen molar-refractivity contribution in [1.29, 1.82) is 0 Å². The molecule has 0 saturated carbocycles. The fourth-order valence-corrected chi connectivity index (χ4v) is 3.59. The normalized spacial score (nSPS) is 11.4. The van der Waals surface area contributed by atoms with Crippen LogP contribution in [0.15, 0.2) is 67.0 Å². The fourth-order valence-electron chi connectivity index (χ4n) is 3.37. The van der Waals surface area contributed by atoms with Crippen LogP contribution in [-0.4, -0.2) is 23.0 Å². The monoisotopic (exact) mass is 471 g/mol. The number of fused-ring (bicyclic) bond motifs is 1. The second kappa shape index (κ2) is 9.07. The van der Waals surface area contributed by atoms with Crippen molar-refractivity contribution in [2.75, 3.05) is 7.11 Å². The van der Waals surface area contributed by atoms with Gasteiger partial charge in [0.1, 0.15) is 5.75 Å². The smallest absolute Gasteiger partial charge is 0.417 e. The first-order valence-electron chi connectivity index (χ1n) is 9.79. The highest BCUT2D eigenvalue weighted by atomic mass is 35.5. The number of carbonyl (C=O) groups is 1. The predicted octanol–water partition coefficient (Wildman–Crippen LogP) is 5.91. The number of nitrogens with zero attached hydrogens (tertiary/aromatic N) is 2. The molecule has 0 fully saturated rings. The van der Waals surface area contributed by atoms with E-state index >= 15 is 0 Å². The Hall–Kier alpha value is -3.65. The van der Waals surface area contributed by atoms with E-state index in [1.807, 2.05) is 12.1 Å². The van der Waals surface area contributed by atoms with Gasteiger partial charge in [0.2, 0.25) is 0 Å². The fraction of sp³-hybridized carbons (Fsp3) is 0.125. The van der Waals surface area contributed by atoms with Gasteiger partial charge in [-0.25, -0.2) is 4.98 Å². The Balaban J connectivity index is 1.72. The van der Waals surface area contributed by atoms with E-state index in [9.17, 15) is 18.0 Å². The van der Waals surface area contributed by atoms with Crippen molar-refractivity contribution in [2.45, 2.75) is 12.7 Å². The van der Waals surface area contributed by atoms with Crippen LogP contribution in [0.25, 0.3) is 22.2 Å². The summed E-state index contributed by atoms with van der Waals surface area (Å²) in [7, 11) is 1.55. The van der Waals surface area contributed by atoms with Gasteiger partial charge in [-0.15, -0.1) is 0 Å². The van der Waals surface area contributed by atoms with Gasteiger partial charge in [-0.1, -0.05) is 29.8 Å². The number of alkyl halides is 3. The number of hydrogen-bond acceptors (Lipinski definition) is 4. The molecule has 168 valence electrons. The Morgan fingerprint density at radius 2 is 1.94 bits per heavy atom. The van der Waals surface area contributed by atoms with E-state index in [0.717, 1.165) is 11.6 Å². The van der Waals surface area contributed by atoms with Gasteiger partial charge in [0, 0.05) is 29.9 Å². The van der Waals surface area contributed by atoms with Crippen molar-refractivity contribution in [3.05, 3.63) is 88.7 Å². The van der Waals surface area contributed by atoms with E-state index in [1.165, 1.54) is 30.6 Å². The molecule has 4 rings (SSSR count). The molecule has 0 aliphatic heterocycles. The first kappa shape index (κ1) is 22.5. The lowest BCUT2D eigenvalue weighted by Gasteiger charge is -2.13. The molecule has 0 bridgehead atoms. The van der Waals surface area contributed by atoms with E-state index in [2.05, 4.69) is 15.3 Å². The third-order valence-electron chi connectivity index (χ3n) is 5.01. The predicted molar refractivity (Wildman–Crippen MR) is 119 cm³/mol. The number of carbonyl (C=O) groups excluding carboxylic acids is 1. The lowest BCUT2D eigenvalue weighted by atomic mass is 10.0. The Morgan fingerprint density at radius 1 is 1.12 bits per heavy atom. The zero-order chi connectivity index (χ0) is 23.6. The molecule has 0 radical (unpaired) electrons. The minimum absolute atomic E-state index is 0.187. The molecule has 4 aromatic rings. The van der Waals surface area contributed by atoms with Gasteiger partial charge in [-0.05, 0) is 42.0 Å². The van der Waals surface area contributed by atoms with E-state index in [0.29, 0.717) is 16.7 Å². The Morgan fingerprint density at radius 3 is 2.70 bits per heavy atom. The van der Waals surface area contributed by atoms with Crippen LogP contribution in [0.5, 0.6) is 5.75 Å². The van der Waals surface area contributed by atoms with Crippen LogP contribution >= 0.6 is 11.6 Å². The summed E-state index contributed by atoms with van der Waals surface area (Å²) >= 11 is 5.74. The lowest BCUT2D eigenvalue weighted by molar-refractivity contribution is -0.137. The first-order valence-corrected chi connectivity index (χ1v) is 10.2. The SMILES string of the molecule is COc1cccc(CNC(=O)c2cc(-c3ccc(Cl)c(C(F)(F)F)c3)nc3ccncc23)c1. The second-order valence-corrected chi connectivity index (χ2v) is 7.58. The van der Waals surface area contributed by atoms with Crippen LogP contribution in [-0.2, 0) is 12.7 Å². The summed E-state index contributed by atoms with van der Waals surface area (Å²) in [6.45, 7) is 0.231. The number of methoxy groups -OCH3 is 1. The summed E-state index contributed by atoms with van der Waals surface area (Å²) in [4.78, 5) is 21.5. The van der Waals surface area contributed by atoms with Gasteiger partial charge in [-0.2, -0.15) is 13.2 Å². The maximum Gasteiger partial charge on any atom is 0.417 e. The minimum atomic E-state index is -4.62. The van der Waals surface area contributed by atoms with Crippen molar-refractivity contribution in [3.8, 4) is 17.0 Å². The Bertz CT molecular complexity index is 1340. The molecule has 0 saturated heterocycles. The van der Waals surface area contributed by atoms with Gasteiger partial charge in [0.15, 0.2) is 0 Å². The molecule has 0 aliphatic rings.